The molecule has 0 saturated carbocycles. The number of ether oxygens (including phenoxy) is 4. The highest BCUT2D eigenvalue weighted by atomic mass is 16.7. The largest absolute Gasteiger partial charge is 0.454 e. The second kappa shape index (κ2) is 5.55. The molecule has 4 aliphatic rings. The molecule has 0 spiro atoms. The van der Waals surface area contributed by atoms with Gasteiger partial charge in [0.2, 0.25) is 13.6 Å². The molecule has 5 nitrogen and oxygen atoms in total. The van der Waals surface area contributed by atoms with Crippen molar-refractivity contribution in [2.24, 2.45) is 0 Å². The van der Waals surface area contributed by atoms with Gasteiger partial charge in [-0.05, 0) is 35.7 Å². The maximum absolute atomic E-state index is 5.86. The van der Waals surface area contributed by atoms with Crippen molar-refractivity contribution < 1.29 is 23.4 Å². The lowest BCUT2D eigenvalue weighted by Gasteiger charge is -2.51. The van der Waals surface area contributed by atoms with Crippen LogP contribution in [0.2, 0.25) is 0 Å². The van der Waals surface area contributed by atoms with Crippen LogP contribution in [0.4, 0.5) is 0 Å². The zero-order valence-corrected chi connectivity index (χ0v) is 15.6. The second-order valence-corrected chi connectivity index (χ2v) is 8.14. The fourth-order valence-corrected chi connectivity index (χ4v) is 5.56. The quantitative estimate of drug-likeness (QED) is 0.759. The molecule has 0 bridgehead atoms. The summed E-state index contributed by atoms with van der Waals surface area (Å²) in [4.78, 5) is 0. The first-order valence-electron chi connectivity index (χ1n) is 9.96. The molecule has 0 fully saturated rings. The highest BCUT2D eigenvalue weighted by molar-refractivity contribution is 5.54. The molecular weight excluding hydrogens is 342 g/mol. The van der Waals surface area contributed by atoms with Crippen LogP contribution in [-0.4, -0.2) is 31.2 Å². The molecule has 6 rings (SSSR count). The van der Waals surface area contributed by atoms with Crippen molar-refractivity contribution in [1.82, 2.24) is 0 Å². The summed E-state index contributed by atoms with van der Waals surface area (Å²) in [7, 11) is 0. The first-order chi connectivity index (χ1) is 13.3. The van der Waals surface area contributed by atoms with E-state index < -0.39 is 0 Å². The monoisotopic (exact) mass is 366 g/mol. The lowest BCUT2D eigenvalue weighted by atomic mass is 9.80. The van der Waals surface area contributed by atoms with Crippen molar-refractivity contribution in [2.75, 3.05) is 26.7 Å². The van der Waals surface area contributed by atoms with Crippen LogP contribution in [0.3, 0.4) is 0 Å². The van der Waals surface area contributed by atoms with E-state index in [1.807, 2.05) is 0 Å². The summed E-state index contributed by atoms with van der Waals surface area (Å²) < 4.78 is 23.9. The van der Waals surface area contributed by atoms with Gasteiger partial charge in [-0.2, -0.15) is 0 Å². The SMILES string of the molecule is CCC[N+]12CCc3cc4c(cc3C1Cc1ccc3c(c1C2)OCO3)OCO4. The van der Waals surface area contributed by atoms with Crippen molar-refractivity contribution in [1.29, 1.82) is 0 Å². The van der Waals surface area contributed by atoms with Crippen LogP contribution < -0.4 is 18.9 Å². The van der Waals surface area contributed by atoms with Gasteiger partial charge >= 0.3 is 0 Å². The van der Waals surface area contributed by atoms with Gasteiger partial charge < -0.3 is 23.4 Å². The van der Waals surface area contributed by atoms with Gasteiger partial charge in [0.15, 0.2) is 23.0 Å². The van der Waals surface area contributed by atoms with E-state index in [1.54, 1.807) is 0 Å². The third kappa shape index (κ3) is 2.15. The average Bonchev–Trinajstić information content (AvgIpc) is 3.34. The number of hydrogen-bond acceptors (Lipinski definition) is 4. The van der Waals surface area contributed by atoms with E-state index in [9.17, 15) is 0 Å². The molecule has 4 aliphatic heterocycles. The zero-order chi connectivity index (χ0) is 18.0. The smallest absolute Gasteiger partial charge is 0.231 e. The van der Waals surface area contributed by atoms with E-state index in [2.05, 4.69) is 31.2 Å². The lowest BCUT2D eigenvalue weighted by Crippen LogP contribution is -2.56. The van der Waals surface area contributed by atoms with Gasteiger partial charge in [0.05, 0.1) is 18.7 Å². The molecule has 0 radical (unpaired) electrons. The maximum Gasteiger partial charge on any atom is 0.231 e. The van der Waals surface area contributed by atoms with Crippen molar-refractivity contribution in [3.8, 4) is 23.0 Å². The summed E-state index contributed by atoms with van der Waals surface area (Å²) in [6.07, 6.45) is 3.31. The third-order valence-electron chi connectivity index (χ3n) is 6.78. The first-order valence-corrected chi connectivity index (χ1v) is 9.96. The van der Waals surface area contributed by atoms with E-state index in [1.165, 1.54) is 35.2 Å². The molecule has 2 unspecified atom stereocenters. The van der Waals surface area contributed by atoms with Crippen molar-refractivity contribution >= 4 is 0 Å². The Hall–Kier alpha value is -2.40. The Balaban J connectivity index is 1.50. The lowest BCUT2D eigenvalue weighted by molar-refractivity contribution is -0.973. The van der Waals surface area contributed by atoms with Crippen LogP contribution in [0.15, 0.2) is 24.3 Å². The summed E-state index contributed by atoms with van der Waals surface area (Å²) in [6.45, 7) is 6.34. The van der Waals surface area contributed by atoms with Crippen LogP contribution in [0.25, 0.3) is 0 Å². The van der Waals surface area contributed by atoms with Crippen LogP contribution in [-0.2, 0) is 19.4 Å². The van der Waals surface area contributed by atoms with E-state index >= 15 is 0 Å². The van der Waals surface area contributed by atoms with Gasteiger partial charge in [-0.3, -0.25) is 0 Å². The maximum atomic E-state index is 5.86. The van der Waals surface area contributed by atoms with Gasteiger partial charge in [0.1, 0.15) is 12.6 Å². The second-order valence-electron chi connectivity index (χ2n) is 8.14. The fourth-order valence-electron chi connectivity index (χ4n) is 5.56. The van der Waals surface area contributed by atoms with Crippen molar-refractivity contribution in [3.05, 3.63) is 46.5 Å². The number of rotatable bonds is 2. The molecule has 140 valence electrons. The summed E-state index contributed by atoms with van der Waals surface area (Å²) >= 11 is 0. The predicted octanol–water partition coefficient (Wildman–Crippen LogP) is 3.72. The standard InChI is InChI=1S/C22H24NO4/c1-2-6-23-7-5-15-9-20-21(26-12-25-20)10-16(15)18(23)8-14-3-4-19-22(17(14)11-23)27-13-24-19/h3-4,9-10,18H,2,5-8,11-13H2,1H3/q+1. The summed E-state index contributed by atoms with van der Waals surface area (Å²) in [6, 6.07) is 9.25. The number of benzene rings is 2. The Morgan fingerprint density at radius 1 is 0.963 bits per heavy atom. The fraction of sp³-hybridized carbons (Fsp3) is 0.455. The zero-order valence-electron chi connectivity index (χ0n) is 15.6. The number of fused-ring (bicyclic) bond motifs is 7. The third-order valence-corrected chi connectivity index (χ3v) is 6.78. The Bertz CT molecular complexity index is 940. The molecule has 5 heteroatoms. The molecule has 0 aromatic heterocycles. The first kappa shape index (κ1) is 15.6. The number of quaternary nitrogens is 1. The molecule has 0 amide bonds. The van der Waals surface area contributed by atoms with Crippen molar-refractivity contribution in [3.63, 3.8) is 0 Å². The minimum Gasteiger partial charge on any atom is -0.454 e. The van der Waals surface area contributed by atoms with Gasteiger partial charge in [0, 0.05) is 18.4 Å². The van der Waals surface area contributed by atoms with Gasteiger partial charge in [-0.15, -0.1) is 0 Å². The summed E-state index contributed by atoms with van der Waals surface area (Å²) in [5.41, 5.74) is 5.64. The molecule has 2 aromatic rings. The molecule has 2 atom stereocenters. The topological polar surface area (TPSA) is 36.9 Å². The molecule has 4 heterocycles. The molecule has 0 N–H and O–H groups in total. The van der Waals surface area contributed by atoms with E-state index in [0.717, 1.165) is 53.4 Å². The normalized spacial score (nSPS) is 26.3. The molecule has 0 saturated heterocycles. The Labute approximate surface area is 159 Å². The Morgan fingerprint density at radius 3 is 2.67 bits per heavy atom. The van der Waals surface area contributed by atoms with Crippen LogP contribution in [0.5, 0.6) is 23.0 Å². The Morgan fingerprint density at radius 2 is 1.78 bits per heavy atom. The highest BCUT2D eigenvalue weighted by Crippen LogP contribution is 2.51. The summed E-state index contributed by atoms with van der Waals surface area (Å²) in [5, 5.41) is 0. The molecule has 0 aliphatic carbocycles. The average molecular weight is 366 g/mol. The minimum absolute atomic E-state index is 0.337. The van der Waals surface area contributed by atoms with E-state index in [4.69, 9.17) is 18.9 Å². The van der Waals surface area contributed by atoms with Crippen LogP contribution in [0.1, 0.15) is 41.6 Å². The van der Waals surface area contributed by atoms with Crippen LogP contribution in [0, 0.1) is 0 Å². The predicted molar refractivity (Wildman–Crippen MR) is 99.3 cm³/mol. The van der Waals surface area contributed by atoms with E-state index in [-0.39, 0.29) is 0 Å². The molecule has 2 aromatic carbocycles. The minimum atomic E-state index is 0.337. The summed E-state index contributed by atoms with van der Waals surface area (Å²) in [5.74, 6) is 3.70. The van der Waals surface area contributed by atoms with Gasteiger partial charge in [-0.1, -0.05) is 13.0 Å². The molecular formula is C22H24NO4+. The van der Waals surface area contributed by atoms with Crippen LogP contribution >= 0.6 is 0 Å². The van der Waals surface area contributed by atoms with Gasteiger partial charge in [-0.25, -0.2) is 0 Å². The Kier molecular flexibility index (Phi) is 3.21. The molecule has 27 heavy (non-hydrogen) atoms. The number of hydrogen-bond donors (Lipinski definition) is 0. The van der Waals surface area contributed by atoms with Gasteiger partial charge in [0.25, 0.3) is 0 Å². The highest BCUT2D eigenvalue weighted by Gasteiger charge is 2.47. The van der Waals surface area contributed by atoms with E-state index in [0.29, 0.717) is 19.6 Å². The van der Waals surface area contributed by atoms with Crippen molar-refractivity contribution in [2.45, 2.75) is 38.8 Å². The number of nitrogens with zero attached hydrogens (tertiary/aromatic N) is 1.